The summed E-state index contributed by atoms with van der Waals surface area (Å²) >= 11 is 1.52. The first-order chi connectivity index (χ1) is 12.6. The van der Waals surface area contributed by atoms with E-state index in [1.807, 2.05) is 45.7 Å². The van der Waals surface area contributed by atoms with Crippen LogP contribution in [0.2, 0.25) is 0 Å². The predicted octanol–water partition coefficient (Wildman–Crippen LogP) is 2.84. The molecule has 3 heterocycles. The van der Waals surface area contributed by atoms with E-state index in [0.29, 0.717) is 19.6 Å². The third kappa shape index (κ3) is 3.97. The Morgan fingerprint density at radius 1 is 1.26 bits per heavy atom. The number of rotatable bonds is 2. The second-order valence-electron chi connectivity index (χ2n) is 7.91. The number of aromatic nitrogens is 4. The Morgan fingerprint density at radius 3 is 2.56 bits per heavy atom. The number of aryl methyl sites for hydroxylation is 2. The van der Waals surface area contributed by atoms with Crippen LogP contribution in [0.4, 0.5) is 10.6 Å². The van der Waals surface area contributed by atoms with Crippen molar-refractivity contribution in [3.8, 4) is 0 Å². The summed E-state index contributed by atoms with van der Waals surface area (Å²) in [6, 6.07) is 0.106. The first kappa shape index (κ1) is 19.7. The fourth-order valence-electron chi connectivity index (χ4n) is 3.35. The largest absolute Gasteiger partial charge is 0.444 e. The van der Waals surface area contributed by atoms with Gasteiger partial charge >= 0.3 is 6.09 Å². The molecule has 2 aromatic heterocycles. The van der Waals surface area contributed by atoms with Crippen LogP contribution in [0.5, 0.6) is 0 Å². The molecule has 148 valence electrons. The molecule has 1 aliphatic rings. The quantitative estimate of drug-likeness (QED) is 0.574. The molecule has 8 nitrogen and oxygen atoms in total. The molecule has 1 saturated heterocycles. The summed E-state index contributed by atoms with van der Waals surface area (Å²) < 4.78 is 7.37. The molecule has 0 bridgehead atoms. The lowest BCUT2D eigenvalue weighted by Gasteiger charge is -2.41. The zero-order chi connectivity index (χ0) is 19.9. The summed E-state index contributed by atoms with van der Waals surface area (Å²) in [6.07, 6.45) is 1.71. The molecule has 0 unspecified atom stereocenters. The van der Waals surface area contributed by atoms with E-state index in [2.05, 4.69) is 21.9 Å². The van der Waals surface area contributed by atoms with Crippen molar-refractivity contribution in [2.75, 3.05) is 30.8 Å². The lowest BCUT2D eigenvalue weighted by molar-refractivity contribution is 0.0218. The highest BCUT2D eigenvalue weighted by molar-refractivity contribution is 7.98. The number of hydrogen-bond donors (Lipinski definition) is 0. The Hall–Kier alpha value is -2.03. The molecule has 1 aliphatic heterocycles. The Kier molecular flexibility index (Phi) is 5.24. The summed E-state index contributed by atoms with van der Waals surface area (Å²) in [5.74, 6) is 0.879. The number of carbonyl (C=O) groups excluding carboxylic acids is 1. The number of piperazine rings is 1. The van der Waals surface area contributed by atoms with Crippen molar-refractivity contribution < 1.29 is 9.53 Å². The molecular formula is C18H28N6O2S. The van der Waals surface area contributed by atoms with Gasteiger partial charge < -0.3 is 14.5 Å². The molecular weight excluding hydrogens is 364 g/mol. The van der Waals surface area contributed by atoms with Gasteiger partial charge in [0.1, 0.15) is 16.6 Å². The van der Waals surface area contributed by atoms with Gasteiger partial charge in [0.05, 0.1) is 5.69 Å². The van der Waals surface area contributed by atoms with Crippen LogP contribution >= 0.6 is 11.8 Å². The highest BCUT2D eigenvalue weighted by atomic mass is 32.2. The van der Waals surface area contributed by atoms with Crippen molar-refractivity contribution >= 4 is 34.7 Å². The Bertz CT molecular complexity index is 860. The van der Waals surface area contributed by atoms with Gasteiger partial charge in [-0.1, -0.05) is 11.8 Å². The van der Waals surface area contributed by atoms with Crippen LogP contribution in [-0.2, 0) is 11.8 Å². The Labute approximate surface area is 164 Å². The molecule has 1 atom stereocenters. The van der Waals surface area contributed by atoms with Crippen LogP contribution in [0, 0.1) is 6.92 Å². The number of fused-ring (bicyclic) bond motifs is 1. The number of ether oxygens (including phenoxy) is 1. The lowest BCUT2D eigenvalue weighted by atomic mass is 10.2. The van der Waals surface area contributed by atoms with Crippen molar-refractivity contribution in [1.29, 1.82) is 0 Å². The third-order valence-electron chi connectivity index (χ3n) is 4.55. The van der Waals surface area contributed by atoms with Crippen LogP contribution in [0.1, 0.15) is 33.4 Å². The summed E-state index contributed by atoms with van der Waals surface area (Å²) in [5, 5.41) is 5.26. The Morgan fingerprint density at radius 2 is 1.96 bits per heavy atom. The first-order valence-corrected chi connectivity index (χ1v) is 10.3. The molecule has 0 N–H and O–H groups in total. The molecule has 0 spiro atoms. The molecule has 9 heteroatoms. The van der Waals surface area contributed by atoms with Gasteiger partial charge in [0.25, 0.3) is 0 Å². The second-order valence-corrected chi connectivity index (χ2v) is 8.68. The van der Waals surface area contributed by atoms with Crippen LogP contribution < -0.4 is 4.90 Å². The summed E-state index contributed by atoms with van der Waals surface area (Å²) in [6.45, 7) is 11.6. The van der Waals surface area contributed by atoms with Gasteiger partial charge in [0.2, 0.25) is 0 Å². The number of thioether (sulfide) groups is 1. The molecule has 0 radical (unpaired) electrons. The van der Waals surface area contributed by atoms with E-state index in [4.69, 9.17) is 9.72 Å². The maximum atomic E-state index is 12.4. The van der Waals surface area contributed by atoms with E-state index in [1.54, 1.807) is 4.90 Å². The number of amides is 1. The molecule has 0 aromatic carbocycles. The lowest BCUT2D eigenvalue weighted by Crippen LogP contribution is -2.55. The highest BCUT2D eigenvalue weighted by Gasteiger charge is 2.32. The average Bonchev–Trinajstić information content (AvgIpc) is 2.87. The fourth-order valence-corrected chi connectivity index (χ4v) is 3.71. The normalized spacial score (nSPS) is 18.3. The van der Waals surface area contributed by atoms with E-state index in [1.165, 1.54) is 11.8 Å². The predicted molar refractivity (Wildman–Crippen MR) is 107 cm³/mol. The van der Waals surface area contributed by atoms with Crippen molar-refractivity contribution in [3.05, 3.63) is 5.69 Å². The van der Waals surface area contributed by atoms with Crippen LogP contribution in [-0.4, -0.2) is 68.3 Å². The van der Waals surface area contributed by atoms with E-state index < -0.39 is 5.60 Å². The number of anilines is 1. The van der Waals surface area contributed by atoms with Crippen LogP contribution in [0.15, 0.2) is 5.16 Å². The Balaban J connectivity index is 1.89. The van der Waals surface area contributed by atoms with Crippen molar-refractivity contribution in [2.45, 2.75) is 51.4 Å². The fraction of sp³-hybridized carbons (Fsp3) is 0.667. The monoisotopic (exact) mass is 392 g/mol. The smallest absolute Gasteiger partial charge is 0.410 e. The minimum atomic E-state index is -0.490. The molecule has 1 fully saturated rings. The van der Waals surface area contributed by atoms with Gasteiger partial charge in [0, 0.05) is 32.7 Å². The van der Waals surface area contributed by atoms with Crippen molar-refractivity contribution in [1.82, 2.24) is 24.6 Å². The molecule has 27 heavy (non-hydrogen) atoms. The van der Waals surface area contributed by atoms with Crippen LogP contribution in [0.25, 0.3) is 11.0 Å². The number of nitrogens with zero attached hydrogens (tertiary/aromatic N) is 6. The zero-order valence-electron chi connectivity index (χ0n) is 17.1. The molecule has 2 aromatic rings. The van der Waals surface area contributed by atoms with Gasteiger partial charge in [-0.15, -0.1) is 0 Å². The van der Waals surface area contributed by atoms with Crippen LogP contribution in [0.3, 0.4) is 0 Å². The zero-order valence-corrected chi connectivity index (χ0v) is 17.9. The van der Waals surface area contributed by atoms with Crippen molar-refractivity contribution in [3.63, 3.8) is 0 Å². The topological polar surface area (TPSA) is 76.4 Å². The number of carbonyl (C=O) groups is 1. The minimum Gasteiger partial charge on any atom is -0.444 e. The van der Waals surface area contributed by atoms with E-state index in [-0.39, 0.29) is 12.1 Å². The van der Waals surface area contributed by atoms with E-state index in [9.17, 15) is 4.79 Å². The van der Waals surface area contributed by atoms with Gasteiger partial charge in [-0.2, -0.15) is 5.10 Å². The minimum absolute atomic E-state index is 0.106. The van der Waals surface area contributed by atoms with Gasteiger partial charge in [-0.05, 0) is 40.9 Å². The maximum Gasteiger partial charge on any atom is 0.410 e. The number of hydrogen-bond acceptors (Lipinski definition) is 7. The van der Waals surface area contributed by atoms with Gasteiger partial charge in [-0.3, -0.25) is 4.68 Å². The molecule has 3 rings (SSSR count). The third-order valence-corrected chi connectivity index (χ3v) is 5.09. The molecule has 1 amide bonds. The standard InChI is InChI=1S/C18H28N6O2S/c1-11-10-23(17(25)26-18(3,4)5)8-9-24(11)15-14-13(12(2)21-22(14)6)19-16(20-15)27-7/h11H,8-10H2,1-7H3/t11-/m0/s1. The summed E-state index contributed by atoms with van der Waals surface area (Å²) in [4.78, 5) is 25.8. The van der Waals surface area contributed by atoms with Gasteiger partial charge in [-0.25, -0.2) is 14.8 Å². The summed E-state index contributed by atoms with van der Waals surface area (Å²) in [7, 11) is 1.92. The second kappa shape index (κ2) is 7.18. The summed E-state index contributed by atoms with van der Waals surface area (Å²) in [5.41, 5.74) is 2.22. The van der Waals surface area contributed by atoms with Gasteiger partial charge in [0.15, 0.2) is 11.0 Å². The SMILES string of the molecule is CSc1nc(N2CCN(C(=O)OC(C)(C)C)C[C@@H]2C)c2c(n1)c(C)nn2C. The van der Waals surface area contributed by atoms with E-state index >= 15 is 0 Å². The average molecular weight is 393 g/mol. The van der Waals surface area contributed by atoms with E-state index in [0.717, 1.165) is 27.7 Å². The van der Waals surface area contributed by atoms with Crippen molar-refractivity contribution in [2.24, 2.45) is 7.05 Å². The molecule has 0 aliphatic carbocycles. The highest BCUT2D eigenvalue weighted by Crippen LogP contribution is 2.30. The molecule has 0 saturated carbocycles. The first-order valence-electron chi connectivity index (χ1n) is 9.10. The maximum absolute atomic E-state index is 12.4.